The van der Waals surface area contributed by atoms with Gasteiger partial charge in [-0.1, -0.05) is 36.4 Å². The van der Waals surface area contributed by atoms with Gasteiger partial charge in [0.15, 0.2) is 0 Å². The number of hydrogen-bond acceptors (Lipinski definition) is 4. The Balaban J connectivity index is 1.72. The molecule has 3 rings (SSSR count). The van der Waals surface area contributed by atoms with Gasteiger partial charge in [0.2, 0.25) is 5.91 Å². The van der Waals surface area contributed by atoms with Gasteiger partial charge in [-0.3, -0.25) is 9.69 Å². The van der Waals surface area contributed by atoms with Crippen molar-refractivity contribution < 1.29 is 14.3 Å². The minimum Gasteiger partial charge on any atom is -0.497 e. The highest BCUT2D eigenvalue weighted by molar-refractivity contribution is 5.78. The molecule has 5 nitrogen and oxygen atoms in total. The molecule has 1 aliphatic rings. The smallest absolute Gasteiger partial charge is 0.237 e. The van der Waals surface area contributed by atoms with E-state index < -0.39 is 0 Å². The van der Waals surface area contributed by atoms with Crippen molar-refractivity contribution in [3.63, 3.8) is 0 Å². The summed E-state index contributed by atoms with van der Waals surface area (Å²) in [4.78, 5) is 17.1. The topological polar surface area (TPSA) is 42.0 Å². The second-order valence-electron chi connectivity index (χ2n) is 7.33. The Kier molecular flexibility index (Phi) is 6.57. The van der Waals surface area contributed by atoms with Crippen molar-refractivity contribution in [1.29, 1.82) is 0 Å². The van der Waals surface area contributed by atoms with Crippen LogP contribution in [0.25, 0.3) is 0 Å². The summed E-state index contributed by atoms with van der Waals surface area (Å²) < 4.78 is 10.9. The predicted molar refractivity (Wildman–Crippen MR) is 111 cm³/mol. The molecule has 0 aromatic heterocycles. The molecule has 0 radical (unpaired) electrons. The molecule has 1 amide bonds. The number of carbonyl (C=O) groups excluding carboxylic acids is 1. The van der Waals surface area contributed by atoms with Crippen molar-refractivity contribution in [2.24, 2.45) is 0 Å². The fourth-order valence-corrected chi connectivity index (χ4v) is 3.92. The van der Waals surface area contributed by atoms with Gasteiger partial charge < -0.3 is 14.4 Å². The number of benzene rings is 2. The highest BCUT2D eigenvalue weighted by atomic mass is 16.5. The van der Waals surface area contributed by atoms with Gasteiger partial charge in [-0.15, -0.1) is 0 Å². The molecule has 2 unspecified atom stereocenters. The molecule has 2 aromatic carbocycles. The lowest BCUT2D eigenvalue weighted by molar-refractivity contribution is -0.133. The largest absolute Gasteiger partial charge is 0.497 e. The van der Waals surface area contributed by atoms with Gasteiger partial charge in [-0.05, 0) is 37.9 Å². The Morgan fingerprint density at radius 2 is 1.93 bits per heavy atom. The van der Waals surface area contributed by atoms with Crippen LogP contribution in [0.3, 0.4) is 0 Å². The Hall–Kier alpha value is -2.53. The van der Waals surface area contributed by atoms with Gasteiger partial charge in [-0.2, -0.15) is 0 Å². The normalized spacial score (nSPS) is 17.9. The molecule has 1 aliphatic heterocycles. The molecular weight excluding hydrogens is 352 g/mol. The first-order chi connectivity index (χ1) is 13.5. The molecule has 1 heterocycles. The second-order valence-corrected chi connectivity index (χ2v) is 7.33. The van der Waals surface area contributed by atoms with E-state index in [4.69, 9.17) is 9.47 Å². The maximum Gasteiger partial charge on any atom is 0.237 e. The fourth-order valence-electron chi connectivity index (χ4n) is 3.92. The lowest BCUT2D eigenvalue weighted by Crippen LogP contribution is -2.39. The Morgan fingerprint density at radius 3 is 2.61 bits per heavy atom. The summed E-state index contributed by atoms with van der Waals surface area (Å²) in [6, 6.07) is 16.3. The number of likely N-dealkylation sites (N-methyl/N-ethyl adjacent to an activating group) is 1. The molecule has 0 aliphatic carbocycles. The molecule has 28 heavy (non-hydrogen) atoms. The van der Waals surface area contributed by atoms with E-state index in [0.29, 0.717) is 6.54 Å². The van der Waals surface area contributed by atoms with Gasteiger partial charge in [0.25, 0.3) is 0 Å². The first-order valence-electron chi connectivity index (χ1n) is 9.81. The summed E-state index contributed by atoms with van der Waals surface area (Å²) in [7, 11) is 5.22. The van der Waals surface area contributed by atoms with E-state index in [2.05, 4.69) is 30.0 Å². The Morgan fingerprint density at radius 1 is 1.18 bits per heavy atom. The van der Waals surface area contributed by atoms with Crippen LogP contribution in [-0.2, 0) is 4.79 Å². The molecule has 150 valence electrons. The van der Waals surface area contributed by atoms with Crippen LogP contribution in [0.5, 0.6) is 11.5 Å². The third-order valence-corrected chi connectivity index (χ3v) is 5.76. The Labute approximate surface area is 167 Å². The predicted octanol–water partition coefficient (Wildman–Crippen LogP) is 4.06. The number of methoxy groups -OCH3 is 2. The molecule has 0 saturated carbocycles. The maximum atomic E-state index is 13.0. The third-order valence-electron chi connectivity index (χ3n) is 5.76. The van der Waals surface area contributed by atoms with Crippen molar-refractivity contribution in [3.8, 4) is 11.5 Å². The standard InChI is InChI=1S/C23H30N2O3/c1-17(18-9-6-5-7-10-18)24(2)23(26)16-25-14-8-11-21(25)20-13-12-19(27-3)15-22(20)28-4/h5-7,9-10,12-13,15,17,21H,8,11,14,16H2,1-4H3. The average Bonchev–Trinajstić information content (AvgIpc) is 3.20. The summed E-state index contributed by atoms with van der Waals surface area (Å²) in [6.45, 7) is 3.40. The lowest BCUT2D eigenvalue weighted by atomic mass is 10.0. The van der Waals surface area contributed by atoms with Crippen LogP contribution in [0.4, 0.5) is 0 Å². The minimum absolute atomic E-state index is 0.0466. The molecule has 2 aromatic rings. The lowest BCUT2D eigenvalue weighted by Gasteiger charge is -2.30. The monoisotopic (exact) mass is 382 g/mol. The summed E-state index contributed by atoms with van der Waals surface area (Å²) >= 11 is 0. The zero-order chi connectivity index (χ0) is 20.1. The van der Waals surface area contributed by atoms with Crippen molar-refractivity contribution in [2.75, 3.05) is 34.4 Å². The third kappa shape index (κ3) is 4.30. The molecule has 1 fully saturated rings. The summed E-state index contributed by atoms with van der Waals surface area (Å²) in [5.41, 5.74) is 2.26. The van der Waals surface area contributed by atoms with E-state index in [0.717, 1.165) is 42.0 Å². The van der Waals surface area contributed by atoms with Crippen LogP contribution in [0.1, 0.15) is 43.0 Å². The number of hydrogen-bond donors (Lipinski definition) is 0. The van der Waals surface area contributed by atoms with Gasteiger partial charge in [0.05, 0.1) is 26.8 Å². The summed E-state index contributed by atoms with van der Waals surface area (Å²) in [6.07, 6.45) is 2.10. The number of carbonyl (C=O) groups is 1. The highest BCUT2D eigenvalue weighted by Crippen LogP contribution is 2.38. The molecule has 1 saturated heterocycles. The van der Waals surface area contributed by atoms with Crippen LogP contribution < -0.4 is 9.47 Å². The second kappa shape index (κ2) is 9.11. The van der Waals surface area contributed by atoms with E-state index in [1.165, 1.54) is 0 Å². The molecule has 2 atom stereocenters. The van der Waals surface area contributed by atoms with E-state index in [-0.39, 0.29) is 18.0 Å². The van der Waals surface area contributed by atoms with Crippen LogP contribution >= 0.6 is 0 Å². The quantitative estimate of drug-likeness (QED) is 0.724. The maximum absolute atomic E-state index is 13.0. The van der Waals surface area contributed by atoms with Crippen molar-refractivity contribution in [3.05, 3.63) is 59.7 Å². The van der Waals surface area contributed by atoms with Crippen LogP contribution in [-0.4, -0.2) is 50.1 Å². The van der Waals surface area contributed by atoms with E-state index in [1.807, 2.05) is 42.3 Å². The number of nitrogens with zero attached hydrogens (tertiary/aromatic N) is 2. The molecular formula is C23H30N2O3. The molecule has 0 spiro atoms. The van der Waals surface area contributed by atoms with Crippen LogP contribution in [0, 0.1) is 0 Å². The molecule has 0 N–H and O–H groups in total. The van der Waals surface area contributed by atoms with E-state index in [1.54, 1.807) is 14.2 Å². The van der Waals surface area contributed by atoms with Crippen molar-refractivity contribution >= 4 is 5.91 Å². The first kappa shape index (κ1) is 20.2. The molecule has 0 bridgehead atoms. The number of likely N-dealkylation sites (tertiary alicyclic amines) is 1. The highest BCUT2D eigenvalue weighted by Gasteiger charge is 2.31. The average molecular weight is 383 g/mol. The zero-order valence-corrected chi connectivity index (χ0v) is 17.2. The summed E-state index contributed by atoms with van der Waals surface area (Å²) in [5.74, 6) is 1.73. The Bertz CT molecular complexity index is 794. The minimum atomic E-state index is 0.0466. The molecule has 5 heteroatoms. The fraction of sp³-hybridized carbons (Fsp3) is 0.435. The van der Waals surface area contributed by atoms with Gasteiger partial charge in [0.1, 0.15) is 11.5 Å². The number of amides is 1. The van der Waals surface area contributed by atoms with Crippen molar-refractivity contribution in [1.82, 2.24) is 9.80 Å². The van der Waals surface area contributed by atoms with Gasteiger partial charge >= 0.3 is 0 Å². The number of rotatable bonds is 7. The first-order valence-corrected chi connectivity index (χ1v) is 9.81. The van der Waals surface area contributed by atoms with E-state index in [9.17, 15) is 4.79 Å². The van der Waals surface area contributed by atoms with Crippen molar-refractivity contribution in [2.45, 2.75) is 31.8 Å². The van der Waals surface area contributed by atoms with Gasteiger partial charge in [0, 0.05) is 24.7 Å². The summed E-state index contributed by atoms with van der Waals surface area (Å²) in [5, 5.41) is 0. The van der Waals surface area contributed by atoms with E-state index >= 15 is 0 Å². The SMILES string of the molecule is COc1ccc(C2CCCN2CC(=O)N(C)C(C)c2ccccc2)c(OC)c1. The van der Waals surface area contributed by atoms with Gasteiger partial charge in [-0.25, -0.2) is 0 Å². The zero-order valence-electron chi connectivity index (χ0n) is 17.2. The van der Waals surface area contributed by atoms with Crippen LogP contribution in [0.15, 0.2) is 48.5 Å². The number of ether oxygens (including phenoxy) is 2. The van der Waals surface area contributed by atoms with Crippen LogP contribution in [0.2, 0.25) is 0 Å².